The third kappa shape index (κ3) is 3.53. The largest absolute Gasteiger partial charge is 0.289 e. The molecule has 2 aliphatic heterocycles. The Labute approximate surface area is 214 Å². The molecule has 2 heterocycles. The van der Waals surface area contributed by atoms with Gasteiger partial charge in [0.2, 0.25) is 0 Å². The molecule has 0 bridgehead atoms. The average molecular weight is 495 g/mol. The van der Waals surface area contributed by atoms with E-state index in [0.29, 0.717) is 18.5 Å². The molecule has 0 atom stereocenters. The Hall–Kier alpha value is -4.39. The molecule has 0 aliphatic carbocycles. The number of fused-ring (bicyclic) bond motifs is 2. The van der Waals surface area contributed by atoms with E-state index < -0.39 is 29.0 Å². The van der Waals surface area contributed by atoms with Crippen molar-refractivity contribution in [2.45, 2.75) is 46.1 Å². The normalized spacial score (nSPS) is 14.9. The van der Waals surface area contributed by atoms with E-state index in [-0.39, 0.29) is 39.3 Å². The SMILES string of the molecule is CCC(C)(CC)N1C(=O)c2ccc(C(=O)c3ccc4c(c3)C(=O)N(c3ccccc3C)C4=O)cc2C1=O. The molecule has 186 valence electrons. The van der Waals surface area contributed by atoms with Crippen LogP contribution in [0.3, 0.4) is 0 Å². The molecule has 0 radical (unpaired) electrons. The van der Waals surface area contributed by atoms with Crippen molar-refractivity contribution in [3.05, 3.63) is 99.6 Å². The van der Waals surface area contributed by atoms with Gasteiger partial charge in [-0.25, -0.2) is 4.90 Å². The van der Waals surface area contributed by atoms with Crippen LogP contribution in [0.25, 0.3) is 0 Å². The monoisotopic (exact) mass is 494 g/mol. The number of benzene rings is 3. The van der Waals surface area contributed by atoms with E-state index in [9.17, 15) is 24.0 Å². The van der Waals surface area contributed by atoms with Gasteiger partial charge >= 0.3 is 0 Å². The van der Waals surface area contributed by atoms with E-state index in [2.05, 4.69) is 0 Å². The highest BCUT2D eigenvalue weighted by Gasteiger charge is 2.45. The highest BCUT2D eigenvalue weighted by Crippen LogP contribution is 2.35. The number of hydrogen-bond donors (Lipinski definition) is 0. The van der Waals surface area contributed by atoms with Gasteiger partial charge in [-0.3, -0.25) is 28.9 Å². The van der Waals surface area contributed by atoms with Gasteiger partial charge in [-0.2, -0.15) is 0 Å². The molecule has 0 fully saturated rings. The minimum Gasteiger partial charge on any atom is -0.289 e. The molecular formula is C30H26N2O5. The summed E-state index contributed by atoms with van der Waals surface area (Å²) in [6.45, 7) is 7.56. The molecule has 0 unspecified atom stereocenters. The standard InChI is InChI=1S/C30H26N2O5/c1-5-30(4,6-2)32-28(36)21-14-12-19(16-23(21)29(32)37)25(33)18-11-13-20-22(15-18)27(35)31(26(20)34)24-10-8-7-9-17(24)3/h7-16H,5-6H2,1-4H3. The molecule has 7 heteroatoms. The number of anilines is 1. The first kappa shape index (κ1) is 24.3. The fourth-order valence-corrected chi connectivity index (χ4v) is 5.02. The number of amides is 4. The lowest BCUT2D eigenvalue weighted by atomic mass is 9.93. The molecule has 3 aromatic rings. The maximum Gasteiger partial charge on any atom is 0.266 e. The van der Waals surface area contributed by atoms with Gasteiger partial charge in [0.05, 0.1) is 27.9 Å². The van der Waals surface area contributed by atoms with Crippen LogP contribution in [-0.2, 0) is 0 Å². The molecule has 0 saturated heterocycles. The molecular weight excluding hydrogens is 468 g/mol. The number of ketones is 1. The molecule has 3 aromatic carbocycles. The summed E-state index contributed by atoms with van der Waals surface area (Å²) in [5.41, 5.74) is 1.96. The second-order valence-electron chi connectivity index (χ2n) is 9.73. The van der Waals surface area contributed by atoms with Crippen LogP contribution < -0.4 is 4.90 Å². The summed E-state index contributed by atoms with van der Waals surface area (Å²) in [4.78, 5) is 68.3. The van der Waals surface area contributed by atoms with E-state index in [1.165, 1.54) is 41.3 Å². The quantitative estimate of drug-likeness (QED) is 0.347. The molecule has 4 amide bonds. The Kier molecular flexibility index (Phi) is 5.67. The second kappa shape index (κ2) is 8.62. The van der Waals surface area contributed by atoms with Crippen LogP contribution in [-0.4, -0.2) is 39.9 Å². The van der Waals surface area contributed by atoms with Gasteiger partial charge in [-0.1, -0.05) is 44.2 Å². The van der Waals surface area contributed by atoms with Crippen molar-refractivity contribution in [2.24, 2.45) is 0 Å². The first-order valence-electron chi connectivity index (χ1n) is 12.3. The van der Waals surface area contributed by atoms with Gasteiger partial charge in [0.15, 0.2) is 5.78 Å². The molecule has 37 heavy (non-hydrogen) atoms. The third-order valence-corrected chi connectivity index (χ3v) is 7.72. The van der Waals surface area contributed by atoms with Crippen LogP contribution in [0.4, 0.5) is 5.69 Å². The van der Waals surface area contributed by atoms with Gasteiger partial charge in [-0.15, -0.1) is 0 Å². The molecule has 0 saturated carbocycles. The summed E-state index contributed by atoms with van der Waals surface area (Å²) in [5.74, 6) is -2.11. The average Bonchev–Trinajstić information content (AvgIpc) is 3.32. The highest BCUT2D eigenvalue weighted by atomic mass is 16.2. The van der Waals surface area contributed by atoms with Gasteiger partial charge < -0.3 is 0 Å². The summed E-state index contributed by atoms with van der Waals surface area (Å²) in [7, 11) is 0. The van der Waals surface area contributed by atoms with Crippen molar-refractivity contribution in [3.8, 4) is 0 Å². The molecule has 0 spiro atoms. The minimum atomic E-state index is -0.618. The van der Waals surface area contributed by atoms with E-state index >= 15 is 0 Å². The molecule has 2 aliphatic rings. The summed E-state index contributed by atoms with van der Waals surface area (Å²) in [6, 6.07) is 16.0. The van der Waals surface area contributed by atoms with Crippen molar-refractivity contribution in [2.75, 3.05) is 4.90 Å². The predicted molar refractivity (Wildman–Crippen MR) is 138 cm³/mol. The Bertz CT molecular complexity index is 1530. The van der Waals surface area contributed by atoms with Crippen molar-refractivity contribution in [3.63, 3.8) is 0 Å². The third-order valence-electron chi connectivity index (χ3n) is 7.72. The lowest BCUT2D eigenvalue weighted by Gasteiger charge is -2.35. The van der Waals surface area contributed by atoms with Gasteiger partial charge in [-0.05, 0) is 62.6 Å². The molecule has 0 aromatic heterocycles. The summed E-state index contributed by atoms with van der Waals surface area (Å²) < 4.78 is 0. The van der Waals surface area contributed by atoms with Crippen molar-refractivity contribution < 1.29 is 24.0 Å². The summed E-state index contributed by atoms with van der Waals surface area (Å²) >= 11 is 0. The van der Waals surface area contributed by atoms with Crippen molar-refractivity contribution >= 4 is 35.1 Å². The first-order chi connectivity index (χ1) is 17.6. The van der Waals surface area contributed by atoms with E-state index in [1.54, 1.807) is 12.1 Å². The van der Waals surface area contributed by atoms with Gasteiger partial charge in [0.1, 0.15) is 0 Å². The van der Waals surface area contributed by atoms with Crippen molar-refractivity contribution in [1.29, 1.82) is 0 Å². The zero-order valence-corrected chi connectivity index (χ0v) is 21.1. The molecule has 0 N–H and O–H groups in total. The maximum atomic E-state index is 13.4. The summed E-state index contributed by atoms with van der Waals surface area (Å²) in [5, 5.41) is 0. The van der Waals surface area contributed by atoms with E-state index in [1.807, 2.05) is 39.8 Å². The number of carbonyl (C=O) groups is 5. The van der Waals surface area contributed by atoms with Gasteiger partial charge in [0, 0.05) is 16.7 Å². The van der Waals surface area contributed by atoms with Crippen LogP contribution in [0.5, 0.6) is 0 Å². The minimum absolute atomic E-state index is 0.152. The van der Waals surface area contributed by atoms with Crippen LogP contribution in [0, 0.1) is 6.92 Å². The topological polar surface area (TPSA) is 91.8 Å². The molecule has 5 rings (SSSR count). The Morgan fingerprint density at radius 3 is 1.76 bits per heavy atom. The van der Waals surface area contributed by atoms with Crippen LogP contribution in [0.1, 0.15) is 96.5 Å². The number of hydrogen-bond acceptors (Lipinski definition) is 5. The maximum absolute atomic E-state index is 13.4. The van der Waals surface area contributed by atoms with Crippen LogP contribution in [0.15, 0.2) is 60.7 Å². The van der Waals surface area contributed by atoms with E-state index in [4.69, 9.17) is 0 Å². The summed E-state index contributed by atoms with van der Waals surface area (Å²) in [6.07, 6.45) is 1.23. The fraction of sp³-hybridized carbons (Fsp3) is 0.233. The molecule has 7 nitrogen and oxygen atoms in total. The zero-order valence-electron chi connectivity index (χ0n) is 21.1. The number of aryl methyl sites for hydroxylation is 1. The Morgan fingerprint density at radius 2 is 1.19 bits per heavy atom. The number of rotatable bonds is 6. The Morgan fingerprint density at radius 1 is 0.703 bits per heavy atom. The number of imide groups is 2. The number of para-hydroxylation sites is 1. The van der Waals surface area contributed by atoms with E-state index in [0.717, 1.165) is 10.5 Å². The van der Waals surface area contributed by atoms with Crippen LogP contribution in [0.2, 0.25) is 0 Å². The first-order valence-corrected chi connectivity index (χ1v) is 12.3. The second-order valence-corrected chi connectivity index (χ2v) is 9.73. The number of carbonyl (C=O) groups excluding carboxylic acids is 5. The highest BCUT2D eigenvalue weighted by molar-refractivity contribution is 6.35. The lowest BCUT2D eigenvalue weighted by molar-refractivity contribution is 0.0434. The van der Waals surface area contributed by atoms with Gasteiger partial charge in [0.25, 0.3) is 23.6 Å². The predicted octanol–water partition coefficient (Wildman–Crippen LogP) is 5.20. The smallest absolute Gasteiger partial charge is 0.266 e. The lowest BCUT2D eigenvalue weighted by Crippen LogP contribution is -2.48. The van der Waals surface area contributed by atoms with Crippen molar-refractivity contribution in [1.82, 2.24) is 4.90 Å². The van der Waals surface area contributed by atoms with Crippen LogP contribution >= 0.6 is 0 Å². The Balaban J connectivity index is 1.48. The zero-order chi connectivity index (χ0) is 26.6. The number of nitrogens with zero attached hydrogens (tertiary/aromatic N) is 2. The fourth-order valence-electron chi connectivity index (χ4n) is 5.02.